The number of halogens is 1. The lowest BCUT2D eigenvalue weighted by Gasteiger charge is -2.13. The van der Waals surface area contributed by atoms with E-state index in [1.165, 1.54) is 0 Å². The van der Waals surface area contributed by atoms with Crippen LogP contribution in [0.3, 0.4) is 0 Å². The highest BCUT2D eigenvalue weighted by Crippen LogP contribution is 2.36. The molecule has 19 heavy (non-hydrogen) atoms. The van der Waals surface area contributed by atoms with Gasteiger partial charge in [0.1, 0.15) is 6.61 Å². The zero-order valence-electron chi connectivity index (χ0n) is 11.1. The third-order valence-electron chi connectivity index (χ3n) is 2.48. The third kappa shape index (κ3) is 5.22. The normalized spacial score (nSPS) is 10.3. The molecule has 1 rings (SSSR count). The van der Waals surface area contributed by atoms with E-state index in [0.29, 0.717) is 18.1 Å². The summed E-state index contributed by atoms with van der Waals surface area (Å²) < 4.78 is 11.8. The highest BCUT2D eigenvalue weighted by molar-refractivity contribution is 9.10. The number of ether oxygens (including phenoxy) is 2. The first kappa shape index (κ1) is 16.0. The molecule has 1 aromatic carbocycles. The molecule has 0 unspecified atom stereocenters. The van der Waals surface area contributed by atoms with Crippen LogP contribution in [0.25, 0.3) is 0 Å². The lowest BCUT2D eigenvalue weighted by Crippen LogP contribution is -2.15. The average molecular weight is 330 g/mol. The van der Waals surface area contributed by atoms with Crippen molar-refractivity contribution < 1.29 is 14.6 Å². The molecule has 0 fully saturated rings. The first-order valence-electron chi connectivity index (χ1n) is 6.14. The number of hydrogen-bond donors (Lipinski definition) is 2. The fourth-order valence-electron chi connectivity index (χ4n) is 1.59. The number of aliphatic hydroxyl groups excluding tert-OH is 1. The van der Waals surface area contributed by atoms with Crippen molar-refractivity contribution in [1.82, 2.24) is 5.32 Å². The first-order valence-corrected chi connectivity index (χ1v) is 6.94. The molecule has 5 heteroatoms. The van der Waals surface area contributed by atoms with Crippen LogP contribution in [0.5, 0.6) is 11.5 Å². The molecule has 1 aromatic rings. The second-order valence-corrected chi connectivity index (χ2v) is 4.82. The van der Waals surface area contributed by atoms with E-state index in [1.807, 2.05) is 12.1 Å². The molecule has 4 nitrogen and oxygen atoms in total. The molecule has 0 heterocycles. The van der Waals surface area contributed by atoms with Gasteiger partial charge in [0.2, 0.25) is 0 Å². The van der Waals surface area contributed by atoms with Gasteiger partial charge >= 0.3 is 0 Å². The summed E-state index contributed by atoms with van der Waals surface area (Å²) >= 11 is 3.48. The number of aliphatic hydroxyl groups is 1. The lowest BCUT2D eigenvalue weighted by molar-refractivity contribution is 0.286. The van der Waals surface area contributed by atoms with Gasteiger partial charge in [-0.25, -0.2) is 0 Å². The monoisotopic (exact) mass is 329 g/mol. The van der Waals surface area contributed by atoms with Gasteiger partial charge in [0, 0.05) is 13.2 Å². The van der Waals surface area contributed by atoms with Crippen molar-refractivity contribution in [2.24, 2.45) is 0 Å². The second kappa shape index (κ2) is 8.96. The van der Waals surface area contributed by atoms with Crippen molar-refractivity contribution in [3.63, 3.8) is 0 Å². The molecule has 0 saturated heterocycles. The lowest BCUT2D eigenvalue weighted by atomic mass is 10.2. The van der Waals surface area contributed by atoms with E-state index in [2.05, 4.69) is 27.8 Å². The van der Waals surface area contributed by atoms with Gasteiger partial charge in [-0.15, -0.1) is 0 Å². The molecule has 0 bridgehead atoms. The van der Waals surface area contributed by atoms with E-state index in [4.69, 9.17) is 14.6 Å². The molecule has 0 aliphatic carbocycles. The van der Waals surface area contributed by atoms with Gasteiger partial charge in [-0.3, -0.25) is 0 Å². The maximum Gasteiger partial charge on any atom is 0.175 e. The summed E-state index contributed by atoms with van der Waals surface area (Å²) in [7, 11) is 1.62. The molecule has 0 aromatic heterocycles. The highest BCUT2D eigenvalue weighted by atomic mass is 79.9. The third-order valence-corrected chi connectivity index (χ3v) is 3.06. The summed E-state index contributed by atoms with van der Waals surface area (Å²) in [5.41, 5.74) is 1.09. The van der Waals surface area contributed by atoms with Crippen LogP contribution >= 0.6 is 15.9 Å². The largest absolute Gasteiger partial charge is 0.493 e. The standard InChI is InChI=1S/C14H20BrNO3/c1-3-7-19-14-12(15)8-11(9-13(14)18-2)10-16-5-4-6-17/h3,8-9,16-17H,1,4-7,10H2,2H3. The van der Waals surface area contributed by atoms with Gasteiger partial charge in [0.15, 0.2) is 11.5 Å². The minimum atomic E-state index is 0.203. The number of nitrogens with one attached hydrogen (secondary N) is 1. The van der Waals surface area contributed by atoms with Crippen LogP contribution in [-0.4, -0.2) is 32.0 Å². The van der Waals surface area contributed by atoms with Gasteiger partial charge in [-0.1, -0.05) is 12.7 Å². The van der Waals surface area contributed by atoms with Crippen LogP contribution in [-0.2, 0) is 6.54 Å². The Morgan fingerprint density at radius 3 is 2.89 bits per heavy atom. The molecule has 0 spiro atoms. The van der Waals surface area contributed by atoms with E-state index in [1.54, 1.807) is 13.2 Å². The van der Waals surface area contributed by atoms with Gasteiger partial charge < -0.3 is 19.9 Å². The Morgan fingerprint density at radius 1 is 1.47 bits per heavy atom. The van der Waals surface area contributed by atoms with Crippen LogP contribution in [0.2, 0.25) is 0 Å². The van der Waals surface area contributed by atoms with E-state index in [-0.39, 0.29) is 6.61 Å². The Kier molecular flexibility index (Phi) is 7.55. The number of benzene rings is 1. The van der Waals surface area contributed by atoms with Crippen LogP contribution in [0.1, 0.15) is 12.0 Å². The fourth-order valence-corrected chi connectivity index (χ4v) is 2.20. The summed E-state index contributed by atoms with van der Waals surface area (Å²) in [5, 5.41) is 12.0. The van der Waals surface area contributed by atoms with E-state index in [0.717, 1.165) is 29.5 Å². The Labute approximate surface area is 122 Å². The number of methoxy groups -OCH3 is 1. The van der Waals surface area contributed by atoms with Gasteiger partial charge in [-0.2, -0.15) is 0 Å². The SMILES string of the molecule is C=CCOc1c(Br)cc(CNCCCO)cc1OC. The predicted octanol–water partition coefficient (Wildman–Crippen LogP) is 2.49. The number of rotatable bonds is 9. The minimum Gasteiger partial charge on any atom is -0.493 e. The van der Waals surface area contributed by atoms with E-state index >= 15 is 0 Å². The molecule has 2 N–H and O–H groups in total. The fraction of sp³-hybridized carbons (Fsp3) is 0.429. The van der Waals surface area contributed by atoms with Crippen LogP contribution in [0, 0.1) is 0 Å². The summed E-state index contributed by atoms with van der Waals surface area (Å²) in [6.45, 7) is 5.76. The molecule has 0 saturated carbocycles. The van der Waals surface area contributed by atoms with Gasteiger partial charge in [-0.05, 0) is 46.6 Å². The van der Waals surface area contributed by atoms with Gasteiger partial charge in [0.05, 0.1) is 11.6 Å². The topological polar surface area (TPSA) is 50.7 Å². The van der Waals surface area contributed by atoms with Crippen molar-refractivity contribution in [3.05, 3.63) is 34.8 Å². The molecule has 0 aliphatic rings. The zero-order valence-corrected chi connectivity index (χ0v) is 12.7. The van der Waals surface area contributed by atoms with Gasteiger partial charge in [0.25, 0.3) is 0 Å². The molecule has 0 amide bonds. The zero-order chi connectivity index (χ0) is 14.1. The Balaban J connectivity index is 2.74. The quantitative estimate of drug-likeness (QED) is 0.540. The molecule has 106 valence electrons. The molecule has 0 atom stereocenters. The van der Waals surface area contributed by atoms with Crippen molar-refractivity contribution >= 4 is 15.9 Å². The first-order chi connectivity index (χ1) is 9.22. The average Bonchev–Trinajstić information content (AvgIpc) is 2.42. The Morgan fingerprint density at radius 2 is 2.26 bits per heavy atom. The predicted molar refractivity (Wildman–Crippen MR) is 79.8 cm³/mol. The highest BCUT2D eigenvalue weighted by Gasteiger charge is 2.11. The van der Waals surface area contributed by atoms with Crippen LogP contribution < -0.4 is 14.8 Å². The molecule has 0 radical (unpaired) electrons. The maximum atomic E-state index is 8.72. The molecular formula is C14H20BrNO3. The maximum absolute atomic E-state index is 8.72. The molecule has 0 aliphatic heterocycles. The summed E-state index contributed by atoms with van der Waals surface area (Å²) in [4.78, 5) is 0. The van der Waals surface area contributed by atoms with Crippen molar-refractivity contribution in [3.8, 4) is 11.5 Å². The second-order valence-electron chi connectivity index (χ2n) is 3.96. The summed E-state index contributed by atoms with van der Waals surface area (Å²) in [6, 6.07) is 3.93. The van der Waals surface area contributed by atoms with Crippen molar-refractivity contribution in [2.45, 2.75) is 13.0 Å². The van der Waals surface area contributed by atoms with E-state index in [9.17, 15) is 0 Å². The van der Waals surface area contributed by atoms with Crippen LogP contribution in [0.4, 0.5) is 0 Å². The van der Waals surface area contributed by atoms with Crippen molar-refractivity contribution in [1.29, 1.82) is 0 Å². The van der Waals surface area contributed by atoms with Crippen LogP contribution in [0.15, 0.2) is 29.3 Å². The van der Waals surface area contributed by atoms with Crippen molar-refractivity contribution in [2.75, 3.05) is 26.9 Å². The summed E-state index contributed by atoms with van der Waals surface area (Å²) in [5.74, 6) is 1.37. The van der Waals surface area contributed by atoms with E-state index < -0.39 is 0 Å². The number of hydrogen-bond acceptors (Lipinski definition) is 4. The Bertz CT molecular complexity index is 410. The Hall–Kier alpha value is -1.04. The molecular weight excluding hydrogens is 310 g/mol. The smallest absolute Gasteiger partial charge is 0.175 e. The summed E-state index contributed by atoms with van der Waals surface area (Å²) in [6.07, 6.45) is 2.44. The minimum absolute atomic E-state index is 0.203.